The molecule has 0 aliphatic rings. The van der Waals surface area contributed by atoms with Gasteiger partial charge in [-0.25, -0.2) is 0 Å². The number of hydrogen-bond acceptors (Lipinski definition) is 0. The molecular weight excluding hydrogens is 239 g/mol. The zero-order chi connectivity index (χ0) is 8.69. The molecule has 0 aliphatic carbocycles. The van der Waals surface area contributed by atoms with Gasteiger partial charge < -0.3 is 0 Å². The first-order chi connectivity index (χ1) is 5.20. The van der Waals surface area contributed by atoms with E-state index in [4.69, 9.17) is 0 Å². The third-order valence-electron chi connectivity index (χ3n) is 1.12. The van der Waals surface area contributed by atoms with E-state index in [-0.39, 0.29) is 21.1 Å². The summed E-state index contributed by atoms with van der Waals surface area (Å²) < 4.78 is 0. The zero-order valence-corrected chi connectivity index (χ0v) is 10.4. The van der Waals surface area contributed by atoms with Crippen LogP contribution in [0, 0.1) is 13.8 Å². The Morgan fingerprint density at radius 3 is 1.73 bits per heavy atom. The van der Waals surface area contributed by atoms with Crippen LogP contribution in [-0.4, -0.2) is 21.1 Å². The molecule has 1 aromatic carbocycles. The van der Waals surface area contributed by atoms with Crippen LogP contribution in [0.4, 0.5) is 0 Å². The molecule has 0 N–H and O–H groups in total. The van der Waals surface area contributed by atoms with Crippen molar-refractivity contribution >= 4 is 21.1 Å². The molecule has 0 amide bonds. The molecule has 0 spiro atoms. The van der Waals surface area contributed by atoms with Crippen LogP contribution < -0.4 is 0 Å². The first-order valence-electron chi connectivity index (χ1n) is 3.67. The van der Waals surface area contributed by atoms with Gasteiger partial charge in [-0.05, 0) is 19.4 Å². The van der Waals surface area contributed by atoms with Crippen molar-refractivity contribution in [3.05, 3.63) is 42.3 Å². The van der Waals surface area contributed by atoms with E-state index < -0.39 is 0 Å². The maximum atomic E-state index is 3.76. The summed E-state index contributed by atoms with van der Waals surface area (Å²) in [7, 11) is 0. The SMILES string of the molecule is [CH2]c1ccc(C)cc1.[CH3][Sn][CH3]. The van der Waals surface area contributed by atoms with Gasteiger partial charge in [0, 0.05) is 0 Å². The van der Waals surface area contributed by atoms with E-state index in [0.29, 0.717) is 0 Å². The molecule has 1 heteroatoms. The van der Waals surface area contributed by atoms with E-state index in [1.54, 1.807) is 0 Å². The third-order valence-corrected chi connectivity index (χ3v) is 1.12. The molecule has 0 saturated heterocycles. The summed E-state index contributed by atoms with van der Waals surface area (Å²) in [5, 5.41) is 0. The number of rotatable bonds is 0. The summed E-state index contributed by atoms with van der Waals surface area (Å²) in [6, 6.07) is 8.13. The van der Waals surface area contributed by atoms with E-state index in [2.05, 4.69) is 35.9 Å². The van der Waals surface area contributed by atoms with Crippen molar-refractivity contribution in [3.8, 4) is 0 Å². The van der Waals surface area contributed by atoms with Crippen LogP contribution >= 0.6 is 0 Å². The zero-order valence-electron chi connectivity index (χ0n) is 7.52. The fourth-order valence-electron chi connectivity index (χ4n) is 0.588. The summed E-state index contributed by atoms with van der Waals surface area (Å²) in [5.41, 5.74) is 2.37. The van der Waals surface area contributed by atoms with Gasteiger partial charge in [-0.15, -0.1) is 0 Å². The van der Waals surface area contributed by atoms with Crippen molar-refractivity contribution < 1.29 is 0 Å². The normalized spacial score (nSPS) is 8.36. The molecule has 59 valence electrons. The Morgan fingerprint density at radius 1 is 1.09 bits per heavy atom. The van der Waals surface area contributed by atoms with Crippen LogP contribution in [0.3, 0.4) is 0 Å². The van der Waals surface area contributed by atoms with Crippen molar-refractivity contribution in [2.45, 2.75) is 16.8 Å². The van der Waals surface area contributed by atoms with Crippen LogP contribution in [0.15, 0.2) is 24.3 Å². The quantitative estimate of drug-likeness (QED) is 0.624. The van der Waals surface area contributed by atoms with Crippen LogP contribution in [0.1, 0.15) is 11.1 Å². The molecule has 0 saturated carbocycles. The average molecular weight is 254 g/mol. The topological polar surface area (TPSA) is 0 Å². The minimum absolute atomic E-state index is 0.230. The van der Waals surface area contributed by atoms with Crippen LogP contribution in [0.2, 0.25) is 9.88 Å². The van der Waals surface area contributed by atoms with E-state index in [1.165, 1.54) is 5.56 Å². The Labute approximate surface area is 80.2 Å². The molecule has 0 heterocycles. The van der Waals surface area contributed by atoms with Crippen LogP contribution in [0.25, 0.3) is 0 Å². The Morgan fingerprint density at radius 2 is 1.45 bits per heavy atom. The molecule has 1 aromatic rings. The molecule has 0 unspecified atom stereocenters. The summed E-state index contributed by atoms with van der Waals surface area (Å²) in [6.07, 6.45) is 0. The third kappa shape index (κ3) is 6.42. The Balaban J connectivity index is 0.000000292. The van der Waals surface area contributed by atoms with Gasteiger partial charge >= 0.3 is 31.0 Å². The van der Waals surface area contributed by atoms with Crippen molar-refractivity contribution in [2.24, 2.45) is 0 Å². The van der Waals surface area contributed by atoms with Gasteiger partial charge in [0.2, 0.25) is 0 Å². The molecule has 3 radical (unpaired) electrons. The van der Waals surface area contributed by atoms with E-state index in [0.717, 1.165) is 5.56 Å². The second-order valence-electron chi connectivity index (χ2n) is 2.49. The van der Waals surface area contributed by atoms with Gasteiger partial charge in [-0.1, -0.05) is 29.8 Å². The van der Waals surface area contributed by atoms with Gasteiger partial charge in [-0.3, -0.25) is 0 Å². The van der Waals surface area contributed by atoms with Gasteiger partial charge in [0.25, 0.3) is 0 Å². The molecular formula is C10H15Sn. The van der Waals surface area contributed by atoms with Gasteiger partial charge in [0.1, 0.15) is 0 Å². The van der Waals surface area contributed by atoms with Crippen LogP contribution in [0.5, 0.6) is 0 Å². The molecule has 0 nitrogen and oxygen atoms in total. The van der Waals surface area contributed by atoms with Crippen molar-refractivity contribution in [1.82, 2.24) is 0 Å². The van der Waals surface area contributed by atoms with Crippen molar-refractivity contribution in [1.29, 1.82) is 0 Å². The number of benzene rings is 1. The molecule has 0 aliphatic heterocycles. The first-order valence-corrected chi connectivity index (χ1v) is 9.38. The predicted molar refractivity (Wildman–Crippen MR) is 53.1 cm³/mol. The maximum absolute atomic E-state index is 3.76. The summed E-state index contributed by atoms with van der Waals surface area (Å²) in [4.78, 5) is 4.59. The molecule has 1 rings (SSSR count). The monoisotopic (exact) mass is 255 g/mol. The fourth-order valence-corrected chi connectivity index (χ4v) is 0.588. The summed E-state index contributed by atoms with van der Waals surface area (Å²) in [5.74, 6) is 0. The van der Waals surface area contributed by atoms with Crippen molar-refractivity contribution in [3.63, 3.8) is 0 Å². The molecule has 11 heavy (non-hydrogen) atoms. The predicted octanol–water partition coefficient (Wildman–Crippen LogP) is 2.96. The second-order valence-corrected chi connectivity index (χ2v) is 5.34. The molecule has 0 atom stereocenters. The molecule has 0 aromatic heterocycles. The number of hydrogen-bond donors (Lipinski definition) is 0. The van der Waals surface area contributed by atoms with Gasteiger partial charge in [-0.2, -0.15) is 0 Å². The summed E-state index contributed by atoms with van der Waals surface area (Å²) >= 11 is 0.230. The second kappa shape index (κ2) is 6.71. The average Bonchev–Trinajstić information content (AvgIpc) is 1.97. The van der Waals surface area contributed by atoms with Crippen molar-refractivity contribution in [2.75, 3.05) is 0 Å². The van der Waals surface area contributed by atoms with E-state index in [9.17, 15) is 0 Å². The standard InChI is InChI=1S/C8H9.2CH3.Sn/c1-7-3-5-8(2)6-4-7;;;/h3-6H,1H2,2H3;2*1H3;. The Kier molecular flexibility index (Phi) is 6.72. The Hall–Kier alpha value is 0.0187. The molecule has 0 bridgehead atoms. The molecule has 0 fully saturated rings. The van der Waals surface area contributed by atoms with E-state index >= 15 is 0 Å². The minimum atomic E-state index is 0.230. The van der Waals surface area contributed by atoms with E-state index in [1.807, 2.05) is 12.1 Å². The van der Waals surface area contributed by atoms with Crippen LogP contribution in [-0.2, 0) is 0 Å². The fraction of sp³-hybridized carbons (Fsp3) is 0.300. The first kappa shape index (κ1) is 11.0. The number of aryl methyl sites for hydroxylation is 1. The van der Waals surface area contributed by atoms with Gasteiger partial charge in [0.05, 0.1) is 0 Å². The summed E-state index contributed by atoms with van der Waals surface area (Å²) in [6.45, 7) is 5.83. The Bertz CT molecular complexity index is 156. The van der Waals surface area contributed by atoms with Gasteiger partial charge in [0.15, 0.2) is 0 Å².